The maximum atomic E-state index is 12.8. The second-order valence-corrected chi connectivity index (χ2v) is 6.07. The van der Waals surface area contributed by atoms with Gasteiger partial charge in [0.2, 0.25) is 0 Å². The van der Waals surface area contributed by atoms with Gasteiger partial charge in [-0.3, -0.25) is 19.7 Å². The highest BCUT2D eigenvalue weighted by molar-refractivity contribution is 5.98. The van der Waals surface area contributed by atoms with Crippen LogP contribution in [0.15, 0.2) is 42.5 Å². The molecule has 0 aliphatic rings. The zero-order valence-corrected chi connectivity index (χ0v) is 14.6. The van der Waals surface area contributed by atoms with E-state index in [1.807, 2.05) is 30.3 Å². The van der Waals surface area contributed by atoms with Gasteiger partial charge in [0.25, 0.3) is 11.6 Å². The van der Waals surface area contributed by atoms with E-state index < -0.39 is 23.3 Å². The number of nitrogens with zero attached hydrogens (tertiary/aromatic N) is 2. The van der Waals surface area contributed by atoms with E-state index in [9.17, 15) is 19.7 Å². The van der Waals surface area contributed by atoms with E-state index in [1.54, 1.807) is 19.9 Å². The molecule has 1 amide bonds. The fourth-order valence-corrected chi connectivity index (χ4v) is 2.76. The van der Waals surface area contributed by atoms with E-state index in [0.717, 1.165) is 5.56 Å². The summed E-state index contributed by atoms with van der Waals surface area (Å²) >= 11 is 0. The first kappa shape index (κ1) is 19.1. The predicted molar refractivity (Wildman–Crippen MR) is 96.3 cm³/mol. The second-order valence-electron chi connectivity index (χ2n) is 6.07. The van der Waals surface area contributed by atoms with Crippen molar-refractivity contribution in [2.45, 2.75) is 20.3 Å². The molecule has 26 heavy (non-hydrogen) atoms. The average Bonchev–Trinajstić information content (AvgIpc) is 2.58. The van der Waals surface area contributed by atoms with Crippen LogP contribution in [0.2, 0.25) is 0 Å². The minimum Gasteiger partial charge on any atom is -0.480 e. The van der Waals surface area contributed by atoms with Crippen LogP contribution in [0.1, 0.15) is 27.0 Å². The Labute approximate surface area is 151 Å². The summed E-state index contributed by atoms with van der Waals surface area (Å²) in [4.78, 5) is 35.8. The van der Waals surface area contributed by atoms with Crippen molar-refractivity contribution in [2.75, 3.05) is 13.1 Å². The fourth-order valence-electron chi connectivity index (χ4n) is 2.76. The molecule has 0 aliphatic heterocycles. The zero-order chi connectivity index (χ0) is 19.3. The van der Waals surface area contributed by atoms with Gasteiger partial charge in [-0.15, -0.1) is 0 Å². The highest BCUT2D eigenvalue weighted by Gasteiger charge is 2.23. The lowest BCUT2D eigenvalue weighted by atomic mass is 10.0. The van der Waals surface area contributed by atoms with Gasteiger partial charge < -0.3 is 10.0 Å². The molecular weight excluding hydrogens is 336 g/mol. The number of aliphatic carboxylic acids is 1. The van der Waals surface area contributed by atoms with Gasteiger partial charge in [0.05, 0.1) is 4.92 Å². The van der Waals surface area contributed by atoms with Crippen molar-refractivity contribution in [3.63, 3.8) is 0 Å². The number of hydrogen-bond acceptors (Lipinski definition) is 4. The van der Waals surface area contributed by atoms with Crippen LogP contribution in [0.5, 0.6) is 0 Å². The van der Waals surface area contributed by atoms with Crippen LogP contribution in [0.3, 0.4) is 0 Å². The van der Waals surface area contributed by atoms with Crippen molar-refractivity contribution >= 4 is 17.6 Å². The Hall–Kier alpha value is -3.22. The molecule has 0 spiro atoms. The Morgan fingerprint density at radius 1 is 1.12 bits per heavy atom. The third kappa shape index (κ3) is 4.66. The van der Waals surface area contributed by atoms with Gasteiger partial charge in [-0.1, -0.05) is 30.3 Å². The summed E-state index contributed by atoms with van der Waals surface area (Å²) in [5, 5.41) is 20.3. The number of hydrogen-bond donors (Lipinski definition) is 1. The van der Waals surface area contributed by atoms with Crippen molar-refractivity contribution in [2.24, 2.45) is 0 Å². The van der Waals surface area contributed by atoms with Crippen molar-refractivity contribution in [3.05, 3.63) is 74.8 Å². The molecule has 0 bridgehead atoms. The molecule has 0 heterocycles. The monoisotopic (exact) mass is 356 g/mol. The summed E-state index contributed by atoms with van der Waals surface area (Å²) in [6.07, 6.45) is 0.493. The van der Waals surface area contributed by atoms with Gasteiger partial charge in [-0.25, -0.2) is 0 Å². The number of carboxylic acid groups (broad SMARTS) is 1. The molecule has 0 aromatic heterocycles. The number of benzene rings is 2. The van der Waals surface area contributed by atoms with Crippen LogP contribution in [0, 0.1) is 24.0 Å². The summed E-state index contributed by atoms with van der Waals surface area (Å²) in [5.74, 6) is -1.66. The van der Waals surface area contributed by atoms with Gasteiger partial charge in [0, 0.05) is 23.7 Å². The third-order valence-electron chi connectivity index (χ3n) is 4.10. The summed E-state index contributed by atoms with van der Waals surface area (Å²) in [7, 11) is 0. The molecule has 2 aromatic rings. The third-order valence-corrected chi connectivity index (χ3v) is 4.10. The molecule has 2 aromatic carbocycles. The fraction of sp³-hybridized carbons (Fsp3) is 0.263. The van der Waals surface area contributed by atoms with E-state index in [4.69, 9.17) is 5.11 Å². The zero-order valence-electron chi connectivity index (χ0n) is 14.6. The maximum absolute atomic E-state index is 12.8. The Morgan fingerprint density at radius 2 is 1.77 bits per heavy atom. The van der Waals surface area contributed by atoms with Crippen LogP contribution < -0.4 is 0 Å². The first-order valence-corrected chi connectivity index (χ1v) is 8.10. The number of carboxylic acids is 1. The number of nitro groups is 1. The van der Waals surface area contributed by atoms with Crippen molar-refractivity contribution in [1.82, 2.24) is 4.90 Å². The summed E-state index contributed by atoms with van der Waals surface area (Å²) in [6.45, 7) is 3.02. The van der Waals surface area contributed by atoms with Gasteiger partial charge in [0.15, 0.2) is 0 Å². The largest absolute Gasteiger partial charge is 0.480 e. The number of nitro benzene ring substituents is 1. The molecule has 0 radical (unpaired) electrons. The predicted octanol–water partition coefficient (Wildman–Crippen LogP) is 2.98. The lowest BCUT2D eigenvalue weighted by Gasteiger charge is -2.22. The van der Waals surface area contributed by atoms with E-state index in [-0.39, 0.29) is 17.8 Å². The molecule has 0 saturated carbocycles. The molecule has 0 aliphatic carbocycles. The number of aryl methyl sites for hydroxylation is 2. The quantitative estimate of drug-likeness (QED) is 0.607. The van der Waals surface area contributed by atoms with E-state index >= 15 is 0 Å². The highest BCUT2D eigenvalue weighted by Crippen LogP contribution is 2.24. The van der Waals surface area contributed by atoms with Gasteiger partial charge in [-0.2, -0.15) is 0 Å². The Bertz CT molecular complexity index is 833. The standard InChI is InChI=1S/C19H20N2O5/c1-13-10-14(2)17(21(25)26)11-16(13)19(24)20(12-18(22)23)9-8-15-6-4-3-5-7-15/h3-7,10-11H,8-9,12H2,1-2H3,(H,22,23). The van der Waals surface area contributed by atoms with Crippen LogP contribution in [-0.4, -0.2) is 39.9 Å². The van der Waals surface area contributed by atoms with E-state index in [2.05, 4.69) is 0 Å². The summed E-state index contributed by atoms with van der Waals surface area (Å²) < 4.78 is 0. The SMILES string of the molecule is Cc1cc(C)c([N+](=O)[O-])cc1C(=O)N(CCc1ccccc1)CC(=O)O. The molecular formula is C19H20N2O5. The Morgan fingerprint density at radius 3 is 2.35 bits per heavy atom. The van der Waals surface area contributed by atoms with E-state index in [1.165, 1.54) is 11.0 Å². The number of rotatable bonds is 7. The minimum atomic E-state index is -1.13. The smallest absolute Gasteiger partial charge is 0.323 e. The number of amides is 1. The summed E-state index contributed by atoms with van der Waals surface area (Å²) in [6, 6.07) is 12.2. The van der Waals surface area contributed by atoms with Gasteiger partial charge in [0.1, 0.15) is 6.54 Å². The maximum Gasteiger partial charge on any atom is 0.323 e. The van der Waals surface area contributed by atoms with E-state index in [0.29, 0.717) is 17.5 Å². The van der Waals surface area contributed by atoms with Crippen LogP contribution in [0.25, 0.3) is 0 Å². The molecule has 0 atom stereocenters. The number of carbonyl (C=O) groups excluding carboxylic acids is 1. The second kappa shape index (κ2) is 8.24. The topological polar surface area (TPSA) is 101 Å². The average molecular weight is 356 g/mol. The van der Waals surface area contributed by atoms with Gasteiger partial charge >= 0.3 is 5.97 Å². The molecule has 1 N–H and O–H groups in total. The molecule has 2 rings (SSSR count). The minimum absolute atomic E-state index is 0.150. The summed E-state index contributed by atoms with van der Waals surface area (Å²) in [5.41, 5.74) is 2.00. The molecule has 0 saturated heterocycles. The number of carbonyl (C=O) groups is 2. The highest BCUT2D eigenvalue weighted by atomic mass is 16.6. The first-order chi connectivity index (χ1) is 12.3. The lowest BCUT2D eigenvalue weighted by molar-refractivity contribution is -0.385. The first-order valence-electron chi connectivity index (χ1n) is 8.10. The molecule has 0 unspecified atom stereocenters. The molecule has 136 valence electrons. The Balaban J connectivity index is 2.30. The van der Waals surface area contributed by atoms with Crippen molar-refractivity contribution < 1.29 is 19.6 Å². The molecule has 7 heteroatoms. The van der Waals surface area contributed by atoms with Gasteiger partial charge in [-0.05, 0) is 37.5 Å². The lowest BCUT2D eigenvalue weighted by Crippen LogP contribution is -2.37. The molecule has 7 nitrogen and oxygen atoms in total. The van der Waals surface area contributed by atoms with Crippen molar-refractivity contribution in [1.29, 1.82) is 0 Å². The normalized spacial score (nSPS) is 10.4. The Kier molecular flexibility index (Phi) is 6.06. The van der Waals surface area contributed by atoms with Crippen LogP contribution >= 0.6 is 0 Å². The molecule has 0 fully saturated rings. The van der Waals surface area contributed by atoms with Crippen LogP contribution in [-0.2, 0) is 11.2 Å². The van der Waals surface area contributed by atoms with Crippen LogP contribution in [0.4, 0.5) is 5.69 Å². The van der Waals surface area contributed by atoms with Crippen molar-refractivity contribution in [3.8, 4) is 0 Å².